The van der Waals surface area contributed by atoms with E-state index in [0.29, 0.717) is 5.69 Å². The smallest absolute Gasteiger partial charge is 0.287 e. The van der Waals surface area contributed by atoms with Crippen molar-refractivity contribution >= 4 is 0 Å². The third-order valence-electron chi connectivity index (χ3n) is 2.21. The SMILES string of the molecule is N#Cc1ccc(-c2ccncc2)n(N)c1=O. The summed E-state index contributed by atoms with van der Waals surface area (Å²) in [7, 11) is 0. The average Bonchev–Trinajstić information content (AvgIpc) is 2.34. The summed E-state index contributed by atoms with van der Waals surface area (Å²) in [5.41, 5.74) is 0.850. The third-order valence-corrected chi connectivity index (χ3v) is 2.21. The summed E-state index contributed by atoms with van der Waals surface area (Å²) in [5, 5.41) is 8.68. The van der Waals surface area contributed by atoms with Crippen LogP contribution in [0.1, 0.15) is 5.56 Å². The molecule has 0 aliphatic carbocycles. The lowest BCUT2D eigenvalue weighted by molar-refractivity contribution is 0.940. The highest BCUT2D eigenvalue weighted by Crippen LogP contribution is 2.14. The molecule has 2 rings (SSSR count). The minimum absolute atomic E-state index is 0.0281. The van der Waals surface area contributed by atoms with Gasteiger partial charge in [0.1, 0.15) is 11.6 Å². The van der Waals surface area contributed by atoms with Crippen LogP contribution in [0.25, 0.3) is 11.3 Å². The molecule has 5 nitrogen and oxygen atoms in total. The van der Waals surface area contributed by atoms with Gasteiger partial charge in [0.2, 0.25) is 0 Å². The van der Waals surface area contributed by atoms with Crippen molar-refractivity contribution in [1.29, 1.82) is 5.26 Å². The number of hydrogen-bond acceptors (Lipinski definition) is 4. The molecule has 2 aromatic rings. The number of nitriles is 1. The fourth-order valence-electron chi connectivity index (χ4n) is 1.40. The van der Waals surface area contributed by atoms with Crippen molar-refractivity contribution < 1.29 is 0 Å². The summed E-state index contributed by atoms with van der Waals surface area (Å²) in [5.74, 6) is 5.62. The molecule has 0 bridgehead atoms. The molecule has 2 N–H and O–H groups in total. The molecule has 0 saturated heterocycles. The van der Waals surface area contributed by atoms with Crippen molar-refractivity contribution in [3.05, 3.63) is 52.6 Å². The molecular weight excluding hydrogens is 204 g/mol. The minimum atomic E-state index is -0.503. The second-order valence-electron chi connectivity index (χ2n) is 3.16. The zero-order valence-electron chi connectivity index (χ0n) is 8.29. The van der Waals surface area contributed by atoms with Crippen LogP contribution in [0.2, 0.25) is 0 Å². The summed E-state index contributed by atoms with van der Waals surface area (Å²) in [6.07, 6.45) is 3.22. The second-order valence-corrected chi connectivity index (χ2v) is 3.16. The van der Waals surface area contributed by atoms with Crippen LogP contribution in [0.15, 0.2) is 41.5 Å². The van der Waals surface area contributed by atoms with Crippen LogP contribution < -0.4 is 11.4 Å². The lowest BCUT2D eigenvalue weighted by Crippen LogP contribution is -2.30. The first kappa shape index (κ1) is 9.93. The van der Waals surface area contributed by atoms with E-state index in [4.69, 9.17) is 11.1 Å². The molecule has 2 heterocycles. The van der Waals surface area contributed by atoms with E-state index in [0.717, 1.165) is 10.2 Å². The molecule has 0 atom stereocenters. The Balaban J connectivity index is 2.67. The van der Waals surface area contributed by atoms with E-state index in [2.05, 4.69) is 4.98 Å². The van der Waals surface area contributed by atoms with E-state index in [1.165, 1.54) is 6.07 Å². The predicted molar refractivity (Wildman–Crippen MR) is 58.8 cm³/mol. The topological polar surface area (TPSA) is 84.7 Å². The van der Waals surface area contributed by atoms with Gasteiger partial charge in [0.05, 0.1) is 5.69 Å². The number of hydrogen-bond donors (Lipinski definition) is 1. The fourth-order valence-corrected chi connectivity index (χ4v) is 1.40. The summed E-state index contributed by atoms with van der Waals surface area (Å²) >= 11 is 0. The van der Waals surface area contributed by atoms with Crippen LogP contribution in [0.5, 0.6) is 0 Å². The van der Waals surface area contributed by atoms with Crippen LogP contribution in [0.3, 0.4) is 0 Å². The molecule has 0 aliphatic heterocycles. The largest absolute Gasteiger partial charge is 0.336 e. The molecule has 0 radical (unpaired) electrons. The molecule has 0 unspecified atom stereocenters. The first-order chi connectivity index (χ1) is 7.74. The Morgan fingerprint density at radius 2 is 1.94 bits per heavy atom. The maximum Gasteiger partial charge on any atom is 0.287 e. The molecule has 0 amide bonds. The lowest BCUT2D eigenvalue weighted by Gasteiger charge is -2.07. The van der Waals surface area contributed by atoms with Crippen molar-refractivity contribution in [3.63, 3.8) is 0 Å². The summed E-state index contributed by atoms with van der Waals surface area (Å²) < 4.78 is 0.966. The first-order valence-electron chi connectivity index (χ1n) is 4.55. The monoisotopic (exact) mass is 212 g/mol. The zero-order valence-corrected chi connectivity index (χ0v) is 8.29. The molecule has 0 fully saturated rings. The van der Waals surface area contributed by atoms with Crippen molar-refractivity contribution in [2.45, 2.75) is 0 Å². The number of aromatic nitrogens is 2. The highest BCUT2D eigenvalue weighted by molar-refractivity contribution is 5.59. The quantitative estimate of drug-likeness (QED) is 0.697. The Morgan fingerprint density at radius 1 is 1.25 bits per heavy atom. The third kappa shape index (κ3) is 1.53. The van der Waals surface area contributed by atoms with E-state index in [1.807, 2.05) is 0 Å². The van der Waals surface area contributed by atoms with Gasteiger partial charge in [-0.25, -0.2) is 4.68 Å². The van der Waals surface area contributed by atoms with Gasteiger partial charge in [-0.15, -0.1) is 0 Å². The summed E-state index contributed by atoms with van der Waals surface area (Å²) in [6.45, 7) is 0. The van der Waals surface area contributed by atoms with E-state index < -0.39 is 5.56 Å². The van der Waals surface area contributed by atoms with Gasteiger partial charge in [-0.3, -0.25) is 9.78 Å². The molecule has 78 valence electrons. The number of nitrogens with two attached hydrogens (primary N) is 1. The van der Waals surface area contributed by atoms with Gasteiger partial charge in [0.25, 0.3) is 5.56 Å². The Hall–Kier alpha value is -2.61. The highest BCUT2D eigenvalue weighted by Gasteiger charge is 2.07. The lowest BCUT2D eigenvalue weighted by atomic mass is 10.1. The molecule has 0 aromatic carbocycles. The Morgan fingerprint density at radius 3 is 2.56 bits per heavy atom. The molecule has 16 heavy (non-hydrogen) atoms. The van der Waals surface area contributed by atoms with Crippen LogP contribution in [0.4, 0.5) is 0 Å². The number of rotatable bonds is 1. The van der Waals surface area contributed by atoms with E-state index in [1.54, 1.807) is 36.7 Å². The average molecular weight is 212 g/mol. The van der Waals surface area contributed by atoms with Crippen molar-refractivity contribution in [1.82, 2.24) is 9.66 Å². The molecule has 2 aromatic heterocycles. The maximum absolute atomic E-state index is 11.6. The number of nitrogen functional groups attached to an aromatic ring is 1. The highest BCUT2D eigenvalue weighted by atomic mass is 16.1. The van der Waals surface area contributed by atoms with E-state index in [-0.39, 0.29) is 5.56 Å². The molecule has 5 heteroatoms. The molecular formula is C11H8N4O. The van der Waals surface area contributed by atoms with Crippen LogP contribution in [-0.2, 0) is 0 Å². The van der Waals surface area contributed by atoms with Gasteiger partial charge in [-0.1, -0.05) is 0 Å². The normalized spacial score (nSPS) is 9.69. The van der Waals surface area contributed by atoms with Gasteiger partial charge < -0.3 is 5.84 Å². The zero-order chi connectivity index (χ0) is 11.5. The fraction of sp³-hybridized carbons (Fsp3) is 0. The Labute approximate surface area is 91.4 Å². The van der Waals surface area contributed by atoms with Crippen molar-refractivity contribution in [2.24, 2.45) is 0 Å². The van der Waals surface area contributed by atoms with Crippen LogP contribution in [-0.4, -0.2) is 9.66 Å². The number of pyridine rings is 2. The van der Waals surface area contributed by atoms with Crippen molar-refractivity contribution in [2.75, 3.05) is 5.84 Å². The molecule has 0 spiro atoms. The summed E-state index contributed by atoms with van der Waals surface area (Å²) in [6, 6.07) is 8.36. The standard InChI is InChI=1S/C11H8N4O/c12-7-9-1-2-10(15(13)11(9)16)8-3-5-14-6-4-8/h1-6H,13H2. The van der Waals surface area contributed by atoms with Gasteiger partial charge in [0.15, 0.2) is 0 Å². The van der Waals surface area contributed by atoms with Gasteiger partial charge in [-0.05, 0) is 24.3 Å². The summed E-state index contributed by atoms with van der Waals surface area (Å²) in [4.78, 5) is 15.5. The van der Waals surface area contributed by atoms with Crippen LogP contribution >= 0.6 is 0 Å². The Bertz CT molecular complexity index is 610. The molecule has 0 saturated carbocycles. The second kappa shape index (κ2) is 3.87. The van der Waals surface area contributed by atoms with Gasteiger partial charge >= 0.3 is 0 Å². The number of nitrogens with zero attached hydrogens (tertiary/aromatic N) is 3. The molecule has 0 aliphatic rings. The first-order valence-corrected chi connectivity index (χ1v) is 4.55. The van der Waals surface area contributed by atoms with Gasteiger partial charge in [-0.2, -0.15) is 5.26 Å². The maximum atomic E-state index is 11.6. The van der Waals surface area contributed by atoms with Gasteiger partial charge in [0, 0.05) is 18.0 Å². The minimum Gasteiger partial charge on any atom is -0.336 e. The Kier molecular flexibility index (Phi) is 2.40. The van der Waals surface area contributed by atoms with Crippen LogP contribution in [0, 0.1) is 11.3 Å². The van der Waals surface area contributed by atoms with Crippen molar-refractivity contribution in [3.8, 4) is 17.3 Å². The predicted octanol–water partition coefficient (Wildman–Crippen LogP) is 0.496. The van der Waals surface area contributed by atoms with E-state index >= 15 is 0 Å². The van der Waals surface area contributed by atoms with E-state index in [9.17, 15) is 4.79 Å².